The van der Waals surface area contributed by atoms with E-state index in [-0.39, 0.29) is 17.4 Å². The average Bonchev–Trinajstić information content (AvgIpc) is 2.26. The van der Waals surface area contributed by atoms with Gasteiger partial charge >= 0.3 is 0 Å². The molecule has 1 atom stereocenters. The van der Waals surface area contributed by atoms with Gasteiger partial charge in [0.15, 0.2) is 0 Å². The first-order valence-corrected chi connectivity index (χ1v) is 6.49. The van der Waals surface area contributed by atoms with Crippen molar-refractivity contribution in [2.45, 2.75) is 33.2 Å². The van der Waals surface area contributed by atoms with E-state index < -0.39 is 0 Å². The first-order valence-electron chi connectivity index (χ1n) is 5.96. The molecule has 0 bridgehead atoms. The van der Waals surface area contributed by atoms with Crippen molar-refractivity contribution < 1.29 is 4.79 Å². The first-order chi connectivity index (χ1) is 7.36. The summed E-state index contributed by atoms with van der Waals surface area (Å²) >= 11 is 5.71. The van der Waals surface area contributed by atoms with Crippen molar-refractivity contribution in [3.63, 3.8) is 0 Å². The molecule has 0 spiro atoms. The highest BCUT2D eigenvalue weighted by atomic mass is 35.5. The lowest BCUT2D eigenvalue weighted by Crippen LogP contribution is -2.55. The van der Waals surface area contributed by atoms with E-state index in [1.807, 2.05) is 11.8 Å². The number of carbonyl (C=O) groups excluding carboxylic acids is 1. The Kier molecular flexibility index (Phi) is 4.62. The van der Waals surface area contributed by atoms with Crippen LogP contribution in [0.5, 0.6) is 0 Å². The number of hydrogen-bond donors (Lipinski definition) is 0. The van der Waals surface area contributed by atoms with Crippen LogP contribution in [0.25, 0.3) is 0 Å². The number of alkyl halides is 1. The molecule has 0 aliphatic carbocycles. The van der Waals surface area contributed by atoms with Gasteiger partial charge in [0.2, 0.25) is 5.91 Å². The van der Waals surface area contributed by atoms with E-state index in [4.69, 9.17) is 11.6 Å². The third-order valence-electron chi connectivity index (χ3n) is 3.19. The molecular weight excluding hydrogens is 224 g/mol. The molecule has 16 heavy (non-hydrogen) atoms. The first kappa shape index (κ1) is 13.8. The third kappa shape index (κ3) is 3.36. The third-order valence-corrected chi connectivity index (χ3v) is 3.66. The highest BCUT2D eigenvalue weighted by molar-refractivity contribution is 6.19. The van der Waals surface area contributed by atoms with E-state index in [1.165, 1.54) is 0 Å². The number of halogens is 1. The van der Waals surface area contributed by atoms with Crippen LogP contribution in [0.3, 0.4) is 0 Å². The van der Waals surface area contributed by atoms with Gasteiger partial charge < -0.3 is 4.90 Å². The van der Waals surface area contributed by atoms with Gasteiger partial charge in [-0.2, -0.15) is 0 Å². The zero-order chi connectivity index (χ0) is 12.3. The van der Waals surface area contributed by atoms with E-state index in [0.717, 1.165) is 26.2 Å². The maximum Gasteiger partial charge on any atom is 0.226 e. The van der Waals surface area contributed by atoms with Crippen molar-refractivity contribution in [3.05, 3.63) is 0 Å². The summed E-state index contributed by atoms with van der Waals surface area (Å²) < 4.78 is 0. The Balaban J connectivity index is 2.46. The second-order valence-corrected chi connectivity index (χ2v) is 5.85. The van der Waals surface area contributed by atoms with E-state index in [9.17, 15) is 4.79 Å². The topological polar surface area (TPSA) is 23.6 Å². The van der Waals surface area contributed by atoms with E-state index in [1.54, 1.807) is 0 Å². The Morgan fingerprint density at radius 1 is 1.25 bits per heavy atom. The lowest BCUT2D eigenvalue weighted by molar-refractivity contribution is -0.136. The molecule has 0 saturated carbocycles. The maximum atomic E-state index is 11.9. The summed E-state index contributed by atoms with van der Waals surface area (Å²) in [5.41, 5.74) is 0.202. The fraction of sp³-hybridized carbons (Fsp3) is 0.917. The van der Waals surface area contributed by atoms with E-state index >= 15 is 0 Å². The summed E-state index contributed by atoms with van der Waals surface area (Å²) in [5.74, 6) is 0.560. The van der Waals surface area contributed by atoms with Crippen LogP contribution in [0, 0.1) is 5.92 Å². The fourth-order valence-corrected chi connectivity index (χ4v) is 2.11. The number of nitrogens with zero attached hydrogens (tertiary/aromatic N) is 2. The highest BCUT2D eigenvalue weighted by Gasteiger charge is 2.29. The molecule has 1 fully saturated rings. The van der Waals surface area contributed by atoms with Crippen LogP contribution in [-0.2, 0) is 4.79 Å². The smallest absolute Gasteiger partial charge is 0.226 e. The Morgan fingerprint density at radius 3 is 2.12 bits per heavy atom. The monoisotopic (exact) mass is 246 g/mol. The molecule has 1 rings (SSSR count). The molecule has 1 aliphatic rings. The van der Waals surface area contributed by atoms with Gasteiger partial charge in [-0.15, -0.1) is 11.6 Å². The number of carbonyl (C=O) groups is 1. The fourth-order valence-electron chi connectivity index (χ4n) is 1.98. The molecule has 1 amide bonds. The number of amides is 1. The van der Waals surface area contributed by atoms with Crippen molar-refractivity contribution in [1.82, 2.24) is 9.80 Å². The van der Waals surface area contributed by atoms with Crippen molar-refractivity contribution in [3.8, 4) is 0 Å². The van der Waals surface area contributed by atoms with Gasteiger partial charge in [0.25, 0.3) is 0 Å². The van der Waals surface area contributed by atoms with Gasteiger partial charge in [-0.05, 0) is 20.8 Å². The van der Waals surface area contributed by atoms with Gasteiger partial charge in [0.1, 0.15) is 0 Å². The molecule has 0 aromatic carbocycles. The van der Waals surface area contributed by atoms with Crippen LogP contribution in [0.1, 0.15) is 27.7 Å². The SMILES string of the molecule is CC(CCl)C(=O)N1CCN(C(C)(C)C)CC1. The summed E-state index contributed by atoms with van der Waals surface area (Å²) in [4.78, 5) is 16.3. The lowest BCUT2D eigenvalue weighted by Gasteiger charge is -2.42. The molecule has 1 heterocycles. The van der Waals surface area contributed by atoms with Gasteiger partial charge in [-0.3, -0.25) is 9.69 Å². The molecular formula is C12H23ClN2O. The summed E-state index contributed by atoms with van der Waals surface area (Å²) in [7, 11) is 0. The van der Waals surface area contributed by atoms with Gasteiger partial charge in [0, 0.05) is 43.5 Å². The Morgan fingerprint density at radius 2 is 1.75 bits per heavy atom. The predicted octanol–water partition coefficient (Wildman–Crippen LogP) is 1.80. The summed E-state index contributed by atoms with van der Waals surface area (Å²) in [6.45, 7) is 12.1. The molecule has 0 radical (unpaired) electrons. The van der Waals surface area contributed by atoms with Crippen molar-refractivity contribution >= 4 is 17.5 Å². The van der Waals surface area contributed by atoms with Crippen molar-refractivity contribution in [2.24, 2.45) is 5.92 Å². The Hall–Kier alpha value is -0.280. The number of piperazine rings is 1. The van der Waals surface area contributed by atoms with Crippen molar-refractivity contribution in [2.75, 3.05) is 32.1 Å². The second-order valence-electron chi connectivity index (χ2n) is 5.54. The average molecular weight is 247 g/mol. The van der Waals surface area contributed by atoms with Crippen LogP contribution < -0.4 is 0 Å². The van der Waals surface area contributed by atoms with E-state index in [2.05, 4.69) is 25.7 Å². The molecule has 1 unspecified atom stereocenters. The zero-order valence-corrected chi connectivity index (χ0v) is 11.5. The van der Waals surface area contributed by atoms with E-state index in [0.29, 0.717) is 5.88 Å². The number of hydrogen-bond acceptors (Lipinski definition) is 2. The Bertz CT molecular complexity index is 242. The van der Waals surface area contributed by atoms with Gasteiger partial charge in [0.05, 0.1) is 0 Å². The standard InChI is InChI=1S/C12H23ClN2O/c1-10(9-13)11(16)14-5-7-15(8-6-14)12(2,3)4/h10H,5-9H2,1-4H3. The Labute approximate surface area is 104 Å². The molecule has 1 aliphatic heterocycles. The normalized spacial score (nSPS) is 20.9. The minimum absolute atomic E-state index is 0.0529. The van der Waals surface area contributed by atoms with Crippen LogP contribution in [-0.4, -0.2) is 53.3 Å². The minimum Gasteiger partial charge on any atom is -0.340 e. The molecule has 0 N–H and O–H groups in total. The van der Waals surface area contributed by atoms with Crippen LogP contribution >= 0.6 is 11.6 Å². The number of rotatable bonds is 2. The van der Waals surface area contributed by atoms with Crippen LogP contribution in [0.2, 0.25) is 0 Å². The lowest BCUT2D eigenvalue weighted by atomic mass is 10.0. The molecule has 3 nitrogen and oxygen atoms in total. The molecule has 94 valence electrons. The van der Waals surface area contributed by atoms with Crippen LogP contribution in [0.4, 0.5) is 0 Å². The molecule has 1 saturated heterocycles. The predicted molar refractivity (Wildman–Crippen MR) is 67.8 cm³/mol. The molecule has 4 heteroatoms. The highest BCUT2D eigenvalue weighted by Crippen LogP contribution is 2.17. The summed E-state index contributed by atoms with van der Waals surface area (Å²) in [6.07, 6.45) is 0. The molecule has 0 aromatic rings. The van der Waals surface area contributed by atoms with Crippen molar-refractivity contribution in [1.29, 1.82) is 0 Å². The maximum absolute atomic E-state index is 11.9. The largest absolute Gasteiger partial charge is 0.340 e. The second kappa shape index (κ2) is 5.37. The zero-order valence-electron chi connectivity index (χ0n) is 10.8. The quantitative estimate of drug-likeness (QED) is 0.694. The molecule has 0 aromatic heterocycles. The van der Waals surface area contributed by atoms with Gasteiger partial charge in [-0.25, -0.2) is 0 Å². The van der Waals surface area contributed by atoms with Gasteiger partial charge in [-0.1, -0.05) is 6.92 Å². The summed E-state index contributed by atoms with van der Waals surface area (Å²) in [6, 6.07) is 0. The van der Waals surface area contributed by atoms with Crippen LogP contribution in [0.15, 0.2) is 0 Å². The summed E-state index contributed by atoms with van der Waals surface area (Å²) in [5, 5.41) is 0. The minimum atomic E-state index is -0.0529.